The van der Waals surface area contributed by atoms with Gasteiger partial charge in [0.1, 0.15) is 5.25 Å². The molecular weight excluding hydrogens is 246 g/mol. The molecule has 17 heavy (non-hydrogen) atoms. The maximum Gasteiger partial charge on any atom is 0.270 e. The number of carbonyl (C=O) groups excluding carboxylic acids is 1. The highest BCUT2D eigenvalue weighted by atomic mass is 32.2. The number of nitro groups is 1. The molecule has 1 aromatic carbocycles. The molecule has 7 heteroatoms. The highest BCUT2D eigenvalue weighted by molar-refractivity contribution is 7.92. The number of ketones is 1. The van der Waals surface area contributed by atoms with E-state index in [1.54, 1.807) is 0 Å². The molecule has 0 spiro atoms. The molecule has 0 fully saturated rings. The number of sulfone groups is 1. The molecule has 0 radical (unpaired) electrons. The van der Waals surface area contributed by atoms with Gasteiger partial charge in [-0.05, 0) is 6.92 Å². The van der Waals surface area contributed by atoms with Crippen LogP contribution in [0.4, 0.5) is 5.69 Å². The number of non-ortho nitro benzene ring substituents is 1. The molecule has 0 aromatic heterocycles. The van der Waals surface area contributed by atoms with Crippen molar-refractivity contribution in [1.82, 2.24) is 0 Å². The van der Waals surface area contributed by atoms with Gasteiger partial charge in [0.2, 0.25) is 0 Å². The Bertz CT molecular complexity index is 564. The molecule has 6 nitrogen and oxygen atoms in total. The second-order valence-corrected chi connectivity index (χ2v) is 6.01. The number of hydrogen-bond acceptors (Lipinski definition) is 5. The Morgan fingerprint density at radius 1 is 1.41 bits per heavy atom. The van der Waals surface area contributed by atoms with Crippen LogP contribution in [0.15, 0.2) is 24.3 Å². The third-order valence-corrected chi connectivity index (χ3v) is 3.85. The lowest BCUT2D eigenvalue weighted by Gasteiger charge is -2.07. The predicted octanol–water partition coefficient (Wildman–Crippen LogP) is 1.21. The summed E-state index contributed by atoms with van der Waals surface area (Å²) in [5.74, 6) is -0.642. The van der Waals surface area contributed by atoms with Gasteiger partial charge >= 0.3 is 0 Å². The van der Waals surface area contributed by atoms with E-state index in [0.717, 1.165) is 12.3 Å². The average molecular weight is 257 g/mol. The lowest BCUT2D eigenvalue weighted by atomic mass is 10.1. The van der Waals surface area contributed by atoms with Gasteiger partial charge in [0.05, 0.1) is 4.92 Å². The smallest absolute Gasteiger partial charge is 0.270 e. The number of benzene rings is 1. The van der Waals surface area contributed by atoms with Gasteiger partial charge in [0.25, 0.3) is 5.69 Å². The highest BCUT2D eigenvalue weighted by Crippen LogP contribution is 2.16. The first-order valence-corrected chi connectivity index (χ1v) is 6.66. The van der Waals surface area contributed by atoms with Crippen molar-refractivity contribution in [1.29, 1.82) is 0 Å². The number of rotatable bonds is 4. The number of hydrogen-bond donors (Lipinski definition) is 0. The van der Waals surface area contributed by atoms with Gasteiger partial charge < -0.3 is 0 Å². The topological polar surface area (TPSA) is 94.3 Å². The molecule has 0 heterocycles. The molecule has 0 bridgehead atoms. The van der Waals surface area contributed by atoms with E-state index in [4.69, 9.17) is 0 Å². The zero-order valence-electron chi connectivity index (χ0n) is 9.28. The molecule has 0 saturated heterocycles. The van der Waals surface area contributed by atoms with Crippen molar-refractivity contribution in [2.24, 2.45) is 0 Å². The molecular formula is C10H11NO5S. The second-order valence-electron chi connectivity index (χ2n) is 3.64. The summed E-state index contributed by atoms with van der Waals surface area (Å²) >= 11 is 0. The van der Waals surface area contributed by atoms with Crippen LogP contribution in [0.3, 0.4) is 0 Å². The summed E-state index contributed by atoms with van der Waals surface area (Å²) in [7, 11) is -3.50. The van der Waals surface area contributed by atoms with Gasteiger partial charge in [-0.15, -0.1) is 0 Å². The molecule has 0 aliphatic heterocycles. The summed E-state index contributed by atoms with van der Waals surface area (Å²) < 4.78 is 22.4. The minimum absolute atomic E-state index is 0.0251. The fourth-order valence-corrected chi connectivity index (χ4v) is 1.73. The van der Waals surface area contributed by atoms with Crippen LogP contribution in [0.2, 0.25) is 0 Å². The fourth-order valence-electron chi connectivity index (χ4n) is 1.20. The van der Waals surface area contributed by atoms with E-state index < -0.39 is 25.8 Å². The number of nitrogens with zero attached hydrogens (tertiary/aromatic N) is 1. The molecule has 0 aliphatic rings. The van der Waals surface area contributed by atoms with Crippen molar-refractivity contribution in [2.75, 3.05) is 6.26 Å². The summed E-state index contributed by atoms with van der Waals surface area (Å²) in [6.45, 7) is 1.26. The third kappa shape index (κ3) is 3.10. The molecule has 0 unspecified atom stereocenters. The molecule has 1 rings (SSSR count). The van der Waals surface area contributed by atoms with Crippen molar-refractivity contribution in [3.8, 4) is 0 Å². The van der Waals surface area contributed by atoms with Crippen LogP contribution in [-0.4, -0.2) is 30.6 Å². The van der Waals surface area contributed by atoms with Gasteiger partial charge in [0.15, 0.2) is 15.6 Å². The summed E-state index contributed by atoms with van der Waals surface area (Å²) in [6, 6.07) is 5.02. The first-order chi connectivity index (χ1) is 7.73. The van der Waals surface area contributed by atoms with Crippen LogP contribution in [-0.2, 0) is 9.84 Å². The summed E-state index contributed by atoms with van der Waals surface area (Å²) in [5.41, 5.74) is -0.214. The standard InChI is InChI=1S/C10H11NO5S/c1-7(17(2,15)16)10(12)8-4-3-5-9(6-8)11(13)14/h3-7H,1-2H3/t7-/m1/s1. The van der Waals surface area contributed by atoms with Crippen molar-refractivity contribution in [3.05, 3.63) is 39.9 Å². The van der Waals surface area contributed by atoms with Crippen molar-refractivity contribution in [2.45, 2.75) is 12.2 Å². The van der Waals surface area contributed by atoms with E-state index in [2.05, 4.69) is 0 Å². The van der Waals surface area contributed by atoms with Crippen LogP contribution < -0.4 is 0 Å². The molecule has 0 N–H and O–H groups in total. The van der Waals surface area contributed by atoms with E-state index >= 15 is 0 Å². The summed E-state index contributed by atoms with van der Waals surface area (Å²) in [6.07, 6.45) is 0.951. The van der Waals surface area contributed by atoms with Crippen LogP contribution in [0.5, 0.6) is 0 Å². The SMILES string of the molecule is C[C@H](C(=O)c1cccc([N+](=O)[O-])c1)S(C)(=O)=O. The van der Waals surface area contributed by atoms with Crippen LogP contribution in [0.25, 0.3) is 0 Å². The summed E-state index contributed by atoms with van der Waals surface area (Å²) in [4.78, 5) is 21.6. The fraction of sp³-hybridized carbons (Fsp3) is 0.300. The first kappa shape index (κ1) is 13.3. The van der Waals surface area contributed by atoms with E-state index in [-0.39, 0.29) is 11.3 Å². The molecule has 1 atom stereocenters. The zero-order chi connectivity index (χ0) is 13.2. The lowest BCUT2D eigenvalue weighted by molar-refractivity contribution is -0.384. The Labute approximate surface area is 98.3 Å². The van der Waals surface area contributed by atoms with Crippen LogP contribution in [0, 0.1) is 10.1 Å². The van der Waals surface area contributed by atoms with Gasteiger partial charge in [0, 0.05) is 24.0 Å². The third-order valence-electron chi connectivity index (χ3n) is 2.35. The van der Waals surface area contributed by atoms with E-state index in [9.17, 15) is 23.3 Å². The molecule has 1 aromatic rings. The minimum Gasteiger partial charge on any atom is -0.293 e. The Morgan fingerprint density at radius 3 is 2.47 bits per heavy atom. The maximum atomic E-state index is 11.8. The van der Waals surface area contributed by atoms with Crippen molar-refractivity contribution in [3.63, 3.8) is 0 Å². The Morgan fingerprint density at radius 2 is 2.00 bits per heavy atom. The van der Waals surface area contributed by atoms with Gasteiger partial charge in [-0.3, -0.25) is 14.9 Å². The summed E-state index contributed by atoms with van der Waals surface area (Å²) in [5, 5.41) is 9.31. The lowest BCUT2D eigenvalue weighted by Crippen LogP contribution is -2.26. The van der Waals surface area contributed by atoms with Gasteiger partial charge in [-0.2, -0.15) is 0 Å². The largest absolute Gasteiger partial charge is 0.293 e. The van der Waals surface area contributed by atoms with E-state index in [1.165, 1.54) is 25.1 Å². The van der Waals surface area contributed by atoms with E-state index in [1.807, 2.05) is 0 Å². The monoisotopic (exact) mass is 257 g/mol. The quantitative estimate of drug-likeness (QED) is 0.459. The van der Waals surface area contributed by atoms with Gasteiger partial charge in [-0.1, -0.05) is 12.1 Å². The molecule has 0 saturated carbocycles. The Balaban J connectivity index is 3.14. The predicted molar refractivity (Wildman–Crippen MR) is 61.7 cm³/mol. The zero-order valence-corrected chi connectivity index (χ0v) is 10.1. The van der Waals surface area contributed by atoms with E-state index in [0.29, 0.717) is 0 Å². The normalized spacial score (nSPS) is 13.1. The number of Topliss-reactive ketones (excluding diaryl/α,β-unsaturated/α-hetero) is 1. The average Bonchev–Trinajstić information content (AvgIpc) is 2.26. The molecule has 92 valence electrons. The minimum atomic E-state index is -3.50. The Kier molecular flexibility index (Phi) is 3.62. The van der Waals surface area contributed by atoms with Crippen LogP contribution in [0.1, 0.15) is 17.3 Å². The highest BCUT2D eigenvalue weighted by Gasteiger charge is 2.25. The van der Waals surface area contributed by atoms with Gasteiger partial charge in [-0.25, -0.2) is 8.42 Å². The maximum absolute atomic E-state index is 11.8. The Hall–Kier alpha value is -1.76. The number of nitro benzene ring substituents is 1. The first-order valence-electron chi connectivity index (χ1n) is 4.71. The molecule has 0 aliphatic carbocycles. The molecule has 0 amide bonds. The second kappa shape index (κ2) is 4.62. The van der Waals surface area contributed by atoms with Crippen molar-refractivity contribution < 1.29 is 18.1 Å². The number of carbonyl (C=O) groups is 1. The van der Waals surface area contributed by atoms with Crippen molar-refractivity contribution >= 4 is 21.3 Å². The van der Waals surface area contributed by atoms with Crippen LogP contribution >= 0.6 is 0 Å².